The lowest BCUT2D eigenvalue weighted by Gasteiger charge is -2.34. The number of carbonyl (C=O) groups excluding carboxylic acids is 1. The van der Waals surface area contributed by atoms with Gasteiger partial charge < -0.3 is 19.4 Å². The molecule has 9 nitrogen and oxygen atoms in total. The van der Waals surface area contributed by atoms with E-state index in [0.29, 0.717) is 45.1 Å². The van der Waals surface area contributed by atoms with Crippen LogP contribution in [0.3, 0.4) is 0 Å². The van der Waals surface area contributed by atoms with E-state index < -0.39 is 10.0 Å². The quantitative estimate of drug-likeness (QED) is 0.696. The van der Waals surface area contributed by atoms with Crippen molar-refractivity contribution in [2.24, 2.45) is 0 Å². The van der Waals surface area contributed by atoms with Crippen molar-refractivity contribution in [3.63, 3.8) is 0 Å². The highest BCUT2D eigenvalue weighted by Gasteiger charge is 2.29. The molecule has 0 aliphatic carbocycles. The molecule has 2 aromatic rings. The van der Waals surface area contributed by atoms with Gasteiger partial charge >= 0.3 is 0 Å². The lowest BCUT2D eigenvalue weighted by Crippen LogP contribution is -2.48. The molecule has 3 heterocycles. The van der Waals surface area contributed by atoms with E-state index >= 15 is 0 Å². The van der Waals surface area contributed by atoms with Gasteiger partial charge in [0.1, 0.15) is 16.3 Å². The molecule has 10 heteroatoms. The van der Waals surface area contributed by atoms with Crippen molar-refractivity contribution in [3.8, 4) is 5.75 Å². The van der Waals surface area contributed by atoms with E-state index in [4.69, 9.17) is 9.47 Å². The third-order valence-electron chi connectivity index (χ3n) is 5.98. The Morgan fingerprint density at radius 3 is 2.50 bits per heavy atom. The molecule has 174 valence electrons. The number of aryl methyl sites for hydroxylation is 1. The average Bonchev–Trinajstić information content (AvgIpc) is 3.31. The number of morpholine rings is 1. The van der Waals surface area contributed by atoms with Crippen molar-refractivity contribution in [2.75, 3.05) is 59.6 Å². The summed E-state index contributed by atoms with van der Waals surface area (Å²) in [6, 6.07) is 7.59. The molecule has 32 heavy (non-hydrogen) atoms. The first-order valence-electron chi connectivity index (χ1n) is 10.8. The number of aromatic amines is 1. The smallest absolute Gasteiger partial charge is 0.270 e. The van der Waals surface area contributed by atoms with Gasteiger partial charge in [0, 0.05) is 57.6 Å². The molecule has 2 aliphatic rings. The fourth-order valence-corrected chi connectivity index (χ4v) is 5.54. The predicted molar refractivity (Wildman–Crippen MR) is 119 cm³/mol. The second kappa shape index (κ2) is 9.62. The number of nitrogens with one attached hydrogen (secondary N) is 1. The molecular formula is C22H30N4O5S. The Morgan fingerprint density at radius 2 is 1.81 bits per heavy atom. The van der Waals surface area contributed by atoms with Gasteiger partial charge in [-0.05, 0) is 19.1 Å². The Hall–Kier alpha value is -2.40. The summed E-state index contributed by atoms with van der Waals surface area (Å²) in [6.45, 7) is 6.87. The number of hydrogen-bond acceptors (Lipinski definition) is 6. The summed E-state index contributed by atoms with van der Waals surface area (Å²) in [4.78, 5) is 20.0. The standard InChI is InChI=1S/C22H30N4O5S/c1-17-3-4-21(30-2)18(13-17)16-24-5-7-25(8-6-24)22(27)20-14-19(15-23-20)32(28,29)26-9-11-31-12-10-26/h3-4,13-15,23H,5-12,16H2,1-2H3. The van der Waals surface area contributed by atoms with Crippen LogP contribution in [0.4, 0.5) is 0 Å². The molecule has 0 spiro atoms. The predicted octanol–water partition coefficient (Wildman–Crippen LogP) is 1.31. The molecule has 0 radical (unpaired) electrons. The Balaban J connectivity index is 1.36. The highest BCUT2D eigenvalue weighted by Crippen LogP contribution is 2.23. The summed E-state index contributed by atoms with van der Waals surface area (Å²) < 4.78 is 37.7. The minimum Gasteiger partial charge on any atom is -0.496 e. The van der Waals surface area contributed by atoms with Crippen LogP contribution in [0.25, 0.3) is 0 Å². The van der Waals surface area contributed by atoms with Crippen LogP contribution >= 0.6 is 0 Å². The summed E-state index contributed by atoms with van der Waals surface area (Å²) >= 11 is 0. The highest BCUT2D eigenvalue weighted by molar-refractivity contribution is 7.89. The number of sulfonamides is 1. The maximum absolute atomic E-state index is 13.0. The summed E-state index contributed by atoms with van der Waals surface area (Å²) in [5, 5.41) is 0. The Kier molecular flexibility index (Phi) is 6.85. The van der Waals surface area contributed by atoms with Crippen LogP contribution in [-0.2, 0) is 21.3 Å². The molecule has 2 fully saturated rings. The van der Waals surface area contributed by atoms with Crippen LogP contribution in [-0.4, -0.2) is 93.0 Å². The van der Waals surface area contributed by atoms with Crippen LogP contribution in [0.2, 0.25) is 0 Å². The Labute approximate surface area is 188 Å². The molecule has 0 atom stereocenters. The second-order valence-corrected chi connectivity index (χ2v) is 10.1. The third kappa shape index (κ3) is 4.83. The molecule has 2 saturated heterocycles. The molecule has 1 N–H and O–H groups in total. The fourth-order valence-electron chi connectivity index (χ4n) is 4.13. The number of H-pyrrole nitrogens is 1. The minimum absolute atomic E-state index is 0.118. The maximum Gasteiger partial charge on any atom is 0.270 e. The maximum atomic E-state index is 13.0. The molecule has 1 aromatic heterocycles. The number of methoxy groups -OCH3 is 1. The van der Waals surface area contributed by atoms with E-state index in [0.717, 1.165) is 30.9 Å². The topological polar surface area (TPSA) is 95.2 Å². The van der Waals surface area contributed by atoms with Gasteiger partial charge in [0.2, 0.25) is 10.0 Å². The number of amides is 1. The zero-order valence-electron chi connectivity index (χ0n) is 18.5. The van der Waals surface area contributed by atoms with E-state index in [1.54, 1.807) is 12.0 Å². The second-order valence-electron chi connectivity index (χ2n) is 8.15. The molecule has 1 amide bonds. The van der Waals surface area contributed by atoms with Gasteiger partial charge in [-0.1, -0.05) is 17.7 Å². The summed E-state index contributed by atoms with van der Waals surface area (Å²) in [5.41, 5.74) is 2.62. The zero-order valence-corrected chi connectivity index (χ0v) is 19.4. The van der Waals surface area contributed by atoms with Crippen LogP contribution in [0.15, 0.2) is 35.4 Å². The first-order chi connectivity index (χ1) is 15.4. The first-order valence-corrected chi connectivity index (χ1v) is 12.2. The molecule has 1 aromatic carbocycles. The van der Waals surface area contributed by atoms with Crippen LogP contribution in [0.5, 0.6) is 5.75 Å². The summed E-state index contributed by atoms with van der Waals surface area (Å²) in [6.07, 6.45) is 1.40. The average molecular weight is 463 g/mol. The molecular weight excluding hydrogens is 432 g/mol. The van der Waals surface area contributed by atoms with Crippen molar-refractivity contribution >= 4 is 15.9 Å². The van der Waals surface area contributed by atoms with Crippen molar-refractivity contribution in [2.45, 2.75) is 18.4 Å². The Morgan fingerprint density at radius 1 is 1.09 bits per heavy atom. The molecule has 0 saturated carbocycles. The lowest BCUT2D eigenvalue weighted by atomic mass is 10.1. The monoisotopic (exact) mass is 462 g/mol. The van der Waals surface area contributed by atoms with Gasteiger partial charge in [-0.2, -0.15) is 4.31 Å². The Bertz CT molecular complexity index is 1050. The van der Waals surface area contributed by atoms with Crippen LogP contribution in [0, 0.1) is 6.92 Å². The number of piperazine rings is 1. The number of benzene rings is 1. The minimum atomic E-state index is -3.63. The number of nitrogens with zero attached hydrogens (tertiary/aromatic N) is 3. The van der Waals surface area contributed by atoms with Crippen LogP contribution < -0.4 is 4.74 Å². The van der Waals surface area contributed by atoms with Gasteiger partial charge in [-0.25, -0.2) is 8.42 Å². The van der Waals surface area contributed by atoms with E-state index in [1.165, 1.54) is 22.1 Å². The van der Waals surface area contributed by atoms with E-state index in [1.807, 2.05) is 12.1 Å². The highest BCUT2D eigenvalue weighted by atomic mass is 32.2. The van der Waals surface area contributed by atoms with Gasteiger partial charge in [-0.3, -0.25) is 9.69 Å². The third-order valence-corrected chi connectivity index (χ3v) is 7.86. The van der Waals surface area contributed by atoms with Gasteiger partial charge in [-0.15, -0.1) is 0 Å². The summed E-state index contributed by atoms with van der Waals surface area (Å²) in [5.74, 6) is 0.690. The lowest BCUT2D eigenvalue weighted by molar-refractivity contribution is 0.0622. The molecule has 4 rings (SSSR count). The van der Waals surface area contributed by atoms with Gasteiger partial charge in [0.15, 0.2) is 0 Å². The molecule has 2 aliphatic heterocycles. The normalized spacial score (nSPS) is 18.6. The van der Waals surface area contributed by atoms with Crippen molar-refractivity contribution in [1.82, 2.24) is 19.1 Å². The summed E-state index contributed by atoms with van der Waals surface area (Å²) in [7, 11) is -1.95. The van der Waals surface area contributed by atoms with Gasteiger partial charge in [0.05, 0.1) is 20.3 Å². The number of carbonyl (C=O) groups is 1. The SMILES string of the molecule is COc1ccc(C)cc1CN1CCN(C(=O)c2cc(S(=O)(=O)N3CCOCC3)c[nH]2)CC1. The van der Waals surface area contributed by atoms with Crippen LogP contribution in [0.1, 0.15) is 21.6 Å². The van der Waals surface area contributed by atoms with E-state index in [2.05, 4.69) is 22.9 Å². The van der Waals surface area contributed by atoms with Crippen molar-refractivity contribution in [3.05, 3.63) is 47.3 Å². The van der Waals surface area contributed by atoms with Gasteiger partial charge in [0.25, 0.3) is 5.91 Å². The van der Waals surface area contributed by atoms with Crippen molar-refractivity contribution < 1.29 is 22.7 Å². The fraction of sp³-hybridized carbons (Fsp3) is 0.500. The zero-order chi connectivity index (χ0) is 22.7. The number of aromatic nitrogens is 1. The number of ether oxygens (including phenoxy) is 2. The van der Waals surface area contributed by atoms with Crippen molar-refractivity contribution in [1.29, 1.82) is 0 Å². The first kappa shape index (κ1) is 22.8. The number of rotatable bonds is 6. The number of hydrogen-bond donors (Lipinski definition) is 1. The molecule has 0 unspecified atom stereocenters. The largest absolute Gasteiger partial charge is 0.496 e. The van der Waals surface area contributed by atoms with E-state index in [-0.39, 0.29) is 10.8 Å². The molecule has 0 bridgehead atoms. The van der Waals surface area contributed by atoms with E-state index in [9.17, 15) is 13.2 Å².